The van der Waals surface area contributed by atoms with Gasteiger partial charge < -0.3 is 10.1 Å². The van der Waals surface area contributed by atoms with E-state index in [0.717, 1.165) is 5.56 Å². The van der Waals surface area contributed by atoms with Crippen molar-refractivity contribution in [1.29, 1.82) is 0 Å². The second-order valence-electron chi connectivity index (χ2n) is 8.25. The third-order valence-electron chi connectivity index (χ3n) is 5.61. The predicted molar refractivity (Wildman–Crippen MR) is 147 cm³/mol. The van der Waals surface area contributed by atoms with Gasteiger partial charge in [0.25, 0.3) is 0 Å². The first kappa shape index (κ1) is 26.4. The van der Waals surface area contributed by atoms with Crippen LogP contribution in [0.4, 0.5) is 11.4 Å². The number of halogens is 1. The molecule has 2 amide bonds. The van der Waals surface area contributed by atoms with Gasteiger partial charge in [-0.25, -0.2) is 9.79 Å². The van der Waals surface area contributed by atoms with Gasteiger partial charge in [0, 0.05) is 23.7 Å². The summed E-state index contributed by atoms with van der Waals surface area (Å²) in [5.41, 5.74) is 2.67. The van der Waals surface area contributed by atoms with Crippen LogP contribution in [-0.4, -0.2) is 46.3 Å². The van der Waals surface area contributed by atoms with Crippen molar-refractivity contribution in [2.24, 2.45) is 4.99 Å². The van der Waals surface area contributed by atoms with Crippen LogP contribution in [0.25, 0.3) is 0 Å². The molecule has 0 spiro atoms. The Bertz CT molecular complexity index is 1280. The lowest BCUT2D eigenvalue weighted by Gasteiger charge is -2.32. The maximum absolute atomic E-state index is 13.2. The topological polar surface area (TPSA) is 88.1 Å². The number of amides is 2. The average Bonchev–Trinajstić information content (AvgIpc) is 2.90. The van der Waals surface area contributed by atoms with Crippen molar-refractivity contribution in [3.63, 3.8) is 0 Å². The van der Waals surface area contributed by atoms with Gasteiger partial charge in [0.05, 0.1) is 17.9 Å². The molecule has 190 valence electrons. The first-order chi connectivity index (χ1) is 17.9. The minimum Gasteiger partial charge on any atom is -0.462 e. The van der Waals surface area contributed by atoms with Crippen LogP contribution in [0.15, 0.2) is 83.9 Å². The van der Waals surface area contributed by atoms with Gasteiger partial charge in [0.1, 0.15) is 5.25 Å². The SMILES string of the molecule is CCOC(=O)c1ccc(NC(=O)C2CC(=O)N(CCc3ccccc3)C(=Nc3ccc(Cl)cc3)S2)cc1. The molecule has 1 fully saturated rings. The van der Waals surface area contributed by atoms with E-state index in [1.807, 2.05) is 30.3 Å². The minimum absolute atomic E-state index is 0.0475. The zero-order chi connectivity index (χ0) is 26.2. The molecule has 0 aromatic heterocycles. The highest BCUT2D eigenvalue weighted by Crippen LogP contribution is 2.30. The number of amidine groups is 1. The van der Waals surface area contributed by atoms with Crippen molar-refractivity contribution in [3.8, 4) is 0 Å². The molecule has 3 aromatic carbocycles. The molecule has 7 nitrogen and oxygen atoms in total. The fraction of sp³-hybridized carbons (Fsp3) is 0.214. The van der Waals surface area contributed by atoms with Crippen LogP contribution in [0.3, 0.4) is 0 Å². The lowest BCUT2D eigenvalue weighted by Crippen LogP contribution is -2.46. The summed E-state index contributed by atoms with van der Waals surface area (Å²) in [6.07, 6.45) is 0.711. The molecule has 3 aromatic rings. The zero-order valence-corrected chi connectivity index (χ0v) is 21.8. The number of hydrogen-bond acceptors (Lipinski definition) is 6. The van der Waals surface area contributed by atoms with E-state index in [1.54, 1.807) is 60.4 Å². The molecule has 1 unspecified atom stereocenters. The van der Waals surface area contributed by atoms with Crippen LogP contribution >= 0.6 is 23.4 Å². The van der Waals surface area contributed by atoms with Crippen LogP contribution < -0.4 is 5.32 Å². The van der Waals surface area contributed by atoms with E-state index in [0.29, 0.717) is 40.1 Å². The molecule has 0 bridgehead atoms. The molecule has 1 saturated heterocycles. The van der Waals surface area contributed by atoms with Crippen molar-refractivity contribution >= 4 is 57.7 Å². The van der Waals surface area contributed by atoms with Gasteiger partial charge in [-0.1, -0.05) is 53.7 Å². The molecule has 37 heavy (non-hydrogen) atoms. The predicted octanol–water partition coefficient (Wildman–Crippen LogP) is 5.72. The molecule has 0 saturated carbocycles. The van der Waals surface area contributed by atoms with E-state index in [9.17, 15) is 14.4 Å². The molecule has 1 heterocycles. The van der Waals surface area contributed by atoms with E-state index in [4.69, 9.17) is 16.3 Å². The lowest BCUT2D eigenvalue weighted by molar-refractivity contribution is -0.129. The number of carbonyl (C=O) groups excluding carboxylic acids is 3. The Balaban J connectivity index is 1.50. The number of hydrogen-bond donors (Lipinski definition) is 1. The van der Waals surface area contributed by atoms with Crippen LogP contribution in [-0.2, 0) is 20.7 Å². The third kappa shape index (κ3) is 7.21. The van der Waals surface area contributed by atoms with E-state index in [2.05, 4.69) is 10.3 Å². The first-order valence-electron chi connectivity index (χ1n) is 11.9. The van der Waals surface area contributed by atoms with Gasteiger partial charge in [-0.2, -0.15) is 0 Å². The Hall–Kier alpha value is -3.62. The Kier molecular flexibility index (Phi) is 8.98. The van der Waals surface area contributed by atoms with Gasteiger partial charge in [0.2, 0.25) is 11.8 Å². The van der Waals surface area contributed by atoms with E-state index < -0.39 is 11.2 Å². The number of aliphatic imine (C=N–C) groups is 1. The lowest BCUT2D eigenvalue weighted by atomic mass is 10.1. The van der Waals surface area contributed by atoms with Gasteiger partial charge in [-0.05, 0) is 67.4 Å². The second kappa shape index (κ2) is 12.6. The summed E-state index contributed by atoms with van der Waals surface area (Å²) in [4.78, 5) is 44.5. The fourth-order valence-corrected chi connectivity index (χ4v) is 4.95. The van der Waals surface area contributed by atoms with Crippen molar-refractivity contribution in [3.05, 3.63) is 95.0 Å². The summed E-state index contributed by atoms with van der Waals surface area (Å²) in [6.45, 7) is 2.47. The number of nitrogens with one attached hydrogen (secondary N) is 1. The Morgan fingerprint density at radius 1 is 1.05 bits per heavy atom. The highest BCUT2D eigenvalue weighted by Gasteiger charge is 2.35. The summed E-state index contributed by atoms with van der Waals surface area (Å²) in [6, 6.07) is 23.3. The summed E-state index contributed by atoms with van der Waals surface area (Å²) >= 11 is 7.27. The molecule has 4 rings (SSSR count). The van der Waals surface area contributed by atoms with Gasteiger partial charge in [-0.3, -0.25) is 14.5 Å². The second-order valence-corrected chi connectivity index (χ2v) is 9.86. The fourth-order valence-electron chi connectivity index (χ4n) is 3.70. The van der Waals surface area contributed by atoms with Crippen LogP contribution in [0.5, 0.6) is 0 Å². The van der Waals surface area contributed by atoms with E-state index in [-0.39, 0.29) is 24.8 Å². The van der Waals surface area contributed by atoms with Crippen molar-refractivity contribution < 1.29 is 19.1 Å². The summed E-state index contributed by atoms with van der Waals surface area (Å²) in [5.74, 6) is -0.901. The number of ether oxygens (including phenoxy) is 1. The van der Waals surface area contributed by atoms with Crippen molar-refractivity contribution in [2.75, 3.05) is 18.5 Å². The zero-order valence-electron chi connectivity index (χ0n) is 20.2. The minimum atomic E-state index is -0.656. The van der Waals surface area contributed by atoms with Crippen LogP contribution in [0, 0.1) is 0 Å². The summed E-state index contributed by atoms with van der Waals surface area (Å²) in [7, 11) is 0. The van der Waals surface area contributed by atoms with E-state index in [1.165, 1.54) is 11.8 Å². The van der Waals surface area contributed by atoms with Gasteiger partial charge in [0.15, 0.2) is 5.17 Å². The first-order valence-corrected chi connectivity index (χ1v) is 13.1. The Labute approximate surface area is 224 Å². The molecule has 1 aliphatic rings. The number of thioether (sulfide) groups is 1. The van der Waals surface area contributed by atoms with Gasteiger partial charge >= 0.3 is 5.97 Å². The molecule has 0 radical (unpaired) electrons. The van der Waals surface area contributed by atoms with Gasteiger partial charge in [-0.15, -0.1) is 0 Å². The number of esters is 1. The smallest absolute Gasteiger partial charge is 0.338 e. The normalized spacial score (nSPS) is 16.5. The maximum atomic E-state index is 13.2. The number of anilines is 1. The van der Waals surface area contributed by atoms with Crippen molar-refractivity contribution in [2.45, 2.75) is 25.0 Å². The molecule has 0 aliphatic carbocycles. The number of rotatable bonds is 8. The number of benzene rings is 3. The number of nitrogens with zero attached hydrogens (tertiary/aromatic N) is 2. The molecular formula is C28H26ClN3O4S. The summed E-state index contributed by atoms with van der Waals surface area (Å²) in [5, 5.41) is 3.24. The average molecular weight is 536 g/mol. The van der Waals surface area contributed by atoms with E-state index >= 15 is 0 Å². The monoisotopic (exact) mass is 535 g/mol. The quantitative estimate of drug-likeness (QED) is 0.373. The Morgan fingerprint density at radius 3 is 2.43 bits per heavy atom. The highest BCUT2D eigenvalue weighted by molar-refractivity contribution is 8.15. The molecule has 9 heteroatoms. The van der Waals surface area contributed by atoms with Crippen LogP contribution in [0.2, 0.25) is 5.02 Å². The summed E-state index contributed by atoms with van der Waals surface area (Å²) < 4.78 is 4.99. The maximum Gasteiger partial charge on any atom is 0.338 e. The highest BCUT2D eigenvalue weighted by atomic mass is 35.5. The molecule has 1 aliphatic heterocycles. The standard InChI is InChI=1S/C28H26ClN3O4S/c1-2-36-27(35)20-8-12-22(13-9-20)30-26(34)24-18-25(33)32(17-16-19-6-4-3-5-7-19)28(37-24)31-23-14-10-21(29)11-15-23/h3-15,24H,2,16-18H2,1H3,(H,30,34). The molecule has 1 N–H and O–H groups in total. The Morgan fingerprint density at radius 2 is 1.76 bits per heavy atom. The number of carbonyl (C=O) groups is 3. The van der Waals surface area contributed by atoms with Crippen molar-refractivity contribution in [1.82, 2.24) is 4.90 Å². The molecular weight excluding hydrogens is 510 g/mol. The van der Waals surface area contributed by atoms with Crippen LogP contribution in [0.1, 0.15) is 29.3 Å². The molecule has 1 atom stereocenters. The third-order valence-corrected chi connectivity index (χ3v) is 7.05. The largest absolute Gasteiger partial charge is 0.462 e.